The molecule has 1 heterocycles. The van der Waals surface area contributed by atoms with Gasteiger partial charge in [-0.15, -0.1) is 0 Å². The Morgan fingerprint density at radius 2 is 1.77 bits per heavy atom. The Bertz CT molecular complexity index is 1060. The van der Waals surface area contributed by atoms with Gasteiger partial charge < -0.3 is 10.2 Å². The molecule has 0 unspecified atom stereocenters. The summed E-state index contributed by atoms with van der Waals surface area (Å²) in [6.45, 7) is 0.724. The van der Waals surface area contributed by atoms with Gasteiger partial charge in [0.15, 0.2) is 0 Å². The number of benzene rings is 2. The van der Waals surface area contributed by atoms with E-state index < -0.39 is 10.0 Å². The fourth-order valence-electron chi connectivity index (χ4n) is 3.39. The third kappa shape index (κ3) is 5.83. The van der Waals surface area contributed by atoms with Crippen LogP contribution in [0.1, 0.15) is 25.7 Å². The Balaban J connectivity index is 1.55. The van der Waals surface area contributed by atoms with Gasteiger partial charge in [0.25, 0.3) is 0 Å². The summed E-state index contributed by atoms with van der Waals surface area (Å²) < 4.78 is 25.4. The molecule has 0 bridgehead atoms. The van der Waals surface area contributed by atoms with Gasteiger partial charge in [-0.05, 0) is 42.8 Å². The number of nitrogens with zero attached hydrogens (tertiary/aromatic N) is 3. The maximum atomic E-state index is 12.6. The van der Waals surface area contributed by atoms with E-state index in [0.717, 1.165) is 0 Å². The molecule has 2 amide bonds. The molecule has 1 saturated heterocycles. The molecule has 1 fully saturated rings. The van der Waals surface area contributed by atoms with E-state index >= 15 is 0 Å². The van der Waals surface area contributed by atoms with E-state index in [9.17, 15) is 18.0 Å². The molecule has 1 aliphatic rings. The molecular weight excluding hydrogens is 416 g/mol. The summed E-state index contributed by atoms with van der Waals surface area (Å²) in [5.41, 5.74) is 1.79. The van der Waals surface area contributed by atoms with Gasteiger partial charge in [0.2, 0.25) is 21.8 Å². The quantitative estimate of drug-likeness (QED) is 0.679. The maximum Gasteiger partial charge on any atom is 0.235 e. The largest absolute Gasteiger partial charge is 0.326 e. The minimum absolute atomic E-state index is 0.00300. The zero-order valence-electron chi connectivity index (χ0n) is 17.0. The number of anilines is 3. The molecule has 0 atom stereocenters. The van der Waals surface area contributed by atoms with Crippen LogP contribution in [0.15, 0.2) is 54.6 Å². The van der Waals surface area contributed by atoms with Gasteiger partial charge in [-0.25, -0.2) is 8.42 Å². The van der Waals surface area contributed by atoms with Crippen LogP contribution in [-0.2, 0) is 19.6 Å². The third-order valence-electron chi connectivity index (χ3n) is 4.92. The number of carbonyl (C=O) groups excluding carboxylic acids is 2. The van der Waals surface area contributed by atoms with Crippen molar-refractivity contribution in [1.29, 1.82) is 5.26 Å². The lowest BCUT2D eigenvalue weighted by Gasteiger charge is -2.21. The van der Waals surface area contributed by atoms with Crippen LogP contribution >= 0.6 is 0 Å². The molecule has 8 nitrogen and oxygen atoms in total. The Kier molecular flexibility index (Phi) is 7.26. The lowest BCUT2D eigenvalue weighted by Crippen LogP contribution is -2.32. The number of hydrogen-bond donors (Lipinski definition) is 1. The van der Waals surface area contributed by atoms with Crippen LogP contribution in [0.3, 0.4) is 0 Å². The van der Waals surface area contributed by atoms with E-state index in [1.54, 1.807) is 36.4 Å². The van der Waals surface area contributed by atoms with E-state index in [4.69, 9.17) is 5.26 Å². The average molecular weight is 441 g/mol. The molecule has 0 aromatic heterocycles. The standard InChI is InChI=1S/C22H24N4O4S/c23-14-4-15-25(19-6-2-1-3-7-19)22(28)13-12-21(27)24-18-8-10-20(11-9-18)26-16-5-17-31(26,29)30/h1-3,6-11H,4-5,12-13,15-17H2,(H,24,27). The number of carbonyl (C=O) groups is 2. The SMILES string of the molecule is N#CCCN(C(=O)CCC(=O)Nc1ccc(N2CCCS2(=O)=O)cc1)c1ccccc1. The number of rotatable bonds is 8. The van der Waals surface area contributed by atoms with Crippen LogP contribution in [0, 0.1) is 11.3 Å². The minimum atomic E-state index is -3.25. The Morgan fingerprint density at radius 3 is 2.39 bits per heavy atom. The van der Waals surface area contributed by atoms with Gasteiger partial charge >= 0.3 is 0 Å². The Hall–Kier alpha value is -3.38. The molecule has 9 heteroatoms. The van der Waals surface area contributed by atoms with Crippen LogP contribution in [0.4, 0.5) is 17.1 Å². The summed E-state index contributed by atoms with van der Waals surface area (Å²) in [5.74, 6) is -0.400. The van der Waals surface area contributed by atoms with E-state index in [2.05, 4.69) is 5.32 Å². The summed E-state index contributed by atoms with van der Waals surface area (Å²) >= 11 is 0. The molecule has 2 aromatic rings. The fraction of sp³-hybridized carbons (Fsp3) is 0.318. The van der Waals surface area contributed by atoms with Crippen LogP contribution in [0.2, 0.25) is 0 Å². The van der Waals surface area contributed by atoms with Crippen molar-refractivity contribution < 1.29 is 18.0 Å². The van der Waals surface area contributed by atoms with Gasteiger partial charge in [-0.2, -0.15) is 5.26 Å². The highest BCUT2D eigenvalue weighted by atomic mass is 32.2. The first kappa shape index (κ1) is 22.3. The topological polar surface area (TPSA) is 111 Å². The van der Waals surface area contributed by atoms with Crippen molar-refractivity contribution in [3.63, 3.8) is 0 Å². The first-order valence-electron chi connectivity index (χ1n) is 10.0. The Labute approximate surface area is 182 Å². The van der Waals surface area contributed by atoms with Crippen molar-refractivity contribution >= 4 is 38.9 Å². The number of para-hydroxylation sites is 1. The van der Waals surface area contributed by atoms with Crippen LogP contribution in [-0.4, -0.2) is 39.1 Å². The second kappa shape index (κ2) is 10.1. The minimum Gasteiger partial charge on any atom is -0.326 e. The predicted molar refractivity (Wildman–Crippen MR) is 119 cm³/mol. The lowest BCUT2D eigenvalue weighted by molar-refractivity contribution is -0.122. The molecule has 162 valence electrons. The van der Waals surface area contributed by atoms with Crippen molar-refractivity contribution in [2.75, 3.05) is 33.4 Å². The molecule has 2 aromatic carbocycles. The molecule has 3 rings (SSSR count). The van der Waals surface area contributed by atoms with Crippen molar-refractivity contribution in [2.45, 2.75) is 25.7 Å². The van der Waals surface area contributed by atoms with Crippen LogP contribution in [0.25, 0.3) is 0 Å². The average Bonchev–Trinajstić information content (AvgIpc) is 3.13. The third-order valence-corrected chi connectivity index (χ3v) is 6.79. The molecule has 0 aliphatic carbocycles. The van der Waals surface area contributed by atoms with Gasteiger partial charge in [0.1, 0.15) is 0 Å². The van der Waals surface area contributed by atoms with Crippen molar-refractivity contribution in [1.82, 2.24) is 0 Å². The molecule has 0 spiro atoms. The Morgan fingerprint density at radius 1 is 1.06 bits per heavy atom. The fourth-order valence-corrected chi connectivity index (χ4v) is 4.95. The number of sulfonamides is 1. The highest BCUT2D eigenvalue weighted by Crippen LogP contribution is 2.25. The molecule has 1 aliphatic heterocycles. The number of hydrogen-bond acceptors (Lipinski definition) is 5. The molecule has 0 saturated carbocycles. The van der Waals surface area contributed by atoms with Crippen LogP contribution in [0.5, 0.6) is 0 Å². The second-order valence-electron chi connectivity index (χ2n) is 7.13. The molecular formula is C22H24N4O4S. The zero-order chi connectivity index (χ0) is 22.3. The second-order valence-corrected chi connectivity index (χ2v) is 9.14. The first-order valence-corrected chi connectivity index (χ1v) is 11.6. The van der Waals surface area contributed by atoms with Gasteiger partial charge in [-0.1, -0.05) is 18.2 Å². The summed E-state index contributed by atoms with van der Waals surface area (Å²) in [5, 5.41) is 11.6. The van der Waals surface area contributed by atoms with E-state index in [1.807, 2.05) is 24.3 Å². The van der Waals surface area contributed by atoms with Gasteiger partial charge in [0.05, 0.1) is 23.9 Å². The lowest BCUT2D eigenvalue weighted by atomic mass is 10.2. The predicted octanol–water partition coefficient (Wildman–Crippen LogP) is 2.89. The number of nitrogens with one attached hydrogen (secondary N) is 1. The maximum absolute atomic E-state index is 12.6. The highest BCUT2D eigenvalue weighted by molar-refractivity contribution is 7.93. The van der Waals surface area contributed by atoms with Crippen molar-refractivity contribution in [3.8, 4) is 6.07 Å². The van der Waals surface area contributed by atoms with E-state index in [-0.39, 0.29) is 43.4 Å². The normalized spacial score (nSPS) is 14.6. The summed E-state index contributed by atoms with van der Waals surface area (Å²) in [6, 6.07) is 17.7. The van der Waals surface area contributed by atoms with Crippen LogP contribution < -0.4 is 14.5 Å². The van der Waals surface area contributed by atoms with Gasteiger partial charge in [0, 0.05) is 37.3 Å². The zero-order valence-corrected chi connectivity index (χ0v) is 17.8. The monoisotopic (exact) mass is 440 g/mol. The number of nitriles is 1. The van der Waals surface area contributed by atoms with E-state index in [1.165, 1.54) is 9.21 Å². The first-order chi connectivity index (χ1) is 14.9. The summed E-state index contributed by atoms with van der Waals surface area (Å²) in [4.78, 5) is 26.4. The summed E-state index contributed by atoms with van der Waals surface area (Å²) in [7, 11) is -3.25. The molecule has 31 heavy (non-hydrogen) atoms. The highest BCUT2D eigenvalue weighted by Gasteiger charge is 2.28. The van der Waals surface area contributed by atoms with Crippen molar-refractivity contribution in [2.24, 2.45) is 0 Å². The molecule has 1 N–H and O–H groups in total. The van der Waals surface area contributed by atoms with Crippen molar-refractivity contribution in [3.05, 3.63) is 54.6 Å². The van der Waals surface area contributed by atoms with Gasteiger partial charge in [-0.3, -0.25) is 13.9 Å². The number of amides is 2. The summed E-state index contributed by atoms with van der Waals surface area (Å²) in [6.07, 6.45) is 0.808. The molecule has 0 radical (unpaired) electrons. The van der Waals surface area contributed by atoms with E-state index in [0.29, 0.717) is 30.0 Å². The smallest absolute Gasteiger partial charge is 0.235 e.